The third kappa shape index (κ3) is 2.29. The molecule has 94 valence electrons. The topological polar surface area (TPSA) is 73.1 Å². The number of hydrogen-bond acceptors (Lipinski definition) is 5. The Morgan fingerprint density at radius 2 is 2.22 bits per heavy atom. The number of hydrazine groups is 1. The summed E-state index contributed by atoms with van der Waals surface area (Å²) in [5.41, 5.74) is 3.42. The van der Waals surface area contributed by atoms with E-state index >= 15 is 0 Å². The van der Waals surface area contributed by atoms with Gasteiger partial charge in [0.2, 0.25) is 0 Å². The van der Waals surface area contributed by atoms with Gasteiger partial charge in [-0.2, -0.15) is 0 Å². The Labute approximate surface area is 104 Å². The maximum Gasteiger partial charge on any atom is 0.170 e. The van der Waals surface area contributed by atoms with E-state index in [1.54, 1.807) is 24.4 Å². The van der Waals surface area contributed by atoms with Crippen LogP contribution in [0.4, 0.5) is 4.39 Å². The van der Waals surface area contributed by atoms with Crippen LogP contribution in [-0.2, 0) is 0 Å². The molecule has 5 nitrogen and oxygen atoms in total. The molecule has 2 aromatic rings. The second-order valence-electron chi connectivity index (χ2n) is 3.59. The molecule has 0 radical (unpaired) electrons. The quantitative estimate of drug-likeness (QED) is 0.628. The van der Waals surface area contributed by atoms with Gasteiger partial charge in [-0.1, -0.05) is 12.1 Å². The first-order valence-corrected chi connectivity index (χ1v) is 5.32. The van der Waals surface area contributed by atoms with Gasteiger partial charge < -0.3 is 4.74 Å². The molecule has 0 spiro atoms. The fourth-order valence-corrected chi connectivity index (χ4v) is 1.70. The summed E-state index contributed by atoms with van der Waals surface area (Å²) in [7, 11) is 1.41. The standard InChI is InChI=1S/C12H13FN4O/c1-18-10-4-2-3-8(11(10)13)12(17-14)9-7-15-5-6-16-9/h2-7,12,17H,14H2,1H3. The maximum absolute atomic E-state index is 14.1. The van der Waals surface area contributed by atoms with E-state index in [1.807, 2.05) is 0 Å². The third-order valence-corrected chi connectivity index (χ3v) is 2.57. The zero-order valence-electron chi connectivity index (χ0n) is 9.80. The molecule has 0 aliphatic heterocycles. The Kier molecular flexibility index (Phi) is 3.81. The summed E-state index contributed by atoms with van der Waals surface area (Å²) >= 11 is 0. The van der Waals surface area contributed by atoms with E-state index in [0.29, 0.717) is 11.3 Å². The molecule has 0 fully saturated rings. The molecular weight excluding hydrogens is 235 g/mol. The van der Waals surface area contributed by atoms with Crippen LogP contribution in [0.15, 0.2) is 36.8 Å². The van der Waals surface area contributed by atoms with Crippen molar-refractivity contribution in [2.24, 2.45) is 5.84 Å². The SMILES string of the molecule is COc1cccc(C(NN)c2cnccn2)c1F. The van der Waals surface area contributed by atoms with E-state index in [0.717, 1.165) is 0 Å². The Hall–Kier alpha value is -2.05. The summed E-state index contributed by atoms with van der Waals surface area (Å²) in [4.78, 5) is 8.05. The van der Waals surface area contributed by atoms with Gasteiger partial charge in [-0.3, -0.25) is 15.8 Å². The van der Waals surface area contributed by atoms with Gasteiger partial charge >= 0.3 is 0 Å². The number of nitrogens with two attached hydrogens (primary N) is 1. The molecule has 3 N–H and O–H groups in total. The van der Waals surface area contributed by atoms with E-state index in [-0.39, 0.29) is 5.75 Å². The summed E-state index contributed by atoms with van der Waals surface area (Å²) < 4.78 is 19.1. The van der Waals surface area contributed by atoms with Gasteiger partial charge in [-0.05, 0) is 6.07 Å². The maximum atomic E-state index is 14.1. The molecule has 0 bridgehead atoms. The van der Waals surface area contributed by atoms with Crippen molar-refractivity contribution in [2.75, 3.05) is 7.11 Å². The van der Waals surface area contributed by atoms with Crippen molar-refractivity contribution in [3.8, 4) is 5.75 Å². The summed E-state index contributed by atoms with van der Waals surface area (Å²) in [5.74, 6) is 5.17. The molecule has 6 heteroatoms. The molecular formula is C12H13FN4O. The van der Waals surface area contributed by atoms with Gasteiger partial charge in [-0.15, -0.1) is 0 Å². The van der Waals surface area contributed by atoms with Crippen molar-refractivity contribution in [1.29, 1.82) is 0 Å². The Morgan fingerprint density at radius 1 is 1.39 bits per heavy atom. The number of ether oxygens (including phenoxy) is 1. The minimum Gasteiger partial charge on any atom is -0.494 e. The molecule has 18 heavy (non-hydrogen) atoms. The van der Waals surface area contributed by atoms with E-state index in [2.05, 4.69) is 15.4 Å². The minimum absolute atomic E-state index is 0.164. The lowest BCUT2D eigenvalue weighted by Crippen LogP contribution is -2.30. The molecule has 1 unspecified atom stereocenters. The summed E-state index contributed by atoms with van der Waals surface area (Å²) in [6.45, 7) is 0. The number of rotatable bonds is 4. The molecule has 0 saturated carbocycles. The van der Waals surface area contributed by atoms with Crippen molar-refractivity contribution >= 4 is 0 Å². The molecule has 0 saturated heterocycles. The van der Waals surface area contributed by atoms with Gasteiger partial charge in [0.25, 0.3) is 0 Å². The lowest BCUT2D eigenvalue weighted by Gasteiger charge is -2.17. The lowest BCUT2D eigenvalue weighted by molar-refractivity contribution is 0.381. The Morgan fingerprint density at radius 3 is 2.83 bits per heavy atom. The number of nitrogens with zero attached hydrogens (tertiary/aromatic N) is 2. The Bertz CT molecular complexity index is 521. The fraction of sp³-hybridized carbons (Fsp3) is 0.167. The first-order valence-electron chi connectivity index (χ1n) is 5.32. The molecule has 1 heterocycles. The van der Waals surface area contributed by atoms with E-state index in [9.17, 15) is 4.39 Å². The van der Waals surface area contributed by atoms with Crippen LogP contribution in [0.3, 0.4) is 0 Å². The average molecular weight is 248 g/mol. The van der Waals surface area contributed by atoms with Gasteiger partial charge in [0.1, 0.15) is 0 Å². The van der Waals surface area contributed by atoms with Crippen LogP contribution in [0.1, 0.15) is 17.3 Å². The zero-order valence-corrected chi connectivity index (χ0v) is 9.80. The number of aromatic nitrogens is 2. The van der Waals surface area contributed by atoms with Crippen LogP contribution in [0.2, 0.25) is 0 Å². The van der Waals surface area contributed by atoms with Crippen molar-refractivity contribution in [1.82, 2.24) is 15.4 Å². The highest BCUT2D eigenvalue weighted by molar-refractivity contribution is 5.36. The molecule has 1 aromatic heterocycles. The van der Waals surface area contributed by atoms with Crippen molar-refractivity contribution < 1.29 is 9.13 Å². The Balaban J connectivity index is 2.46. The predicted molar refractivity (Wildman–Crippen MR) is 64.2 cm³/mol. The normalized spacial score (nSPS) is 12.2. The van der Waals surface area contributed by atoms with Crippen LogP contribution >= 0.6 is 0 Å². The highest BCUT2D eigenvalue weighted by Gasteiger charge is 2.20. The van der Waals surface area contributed by atoms with Crippen LogP contribution < -0.4 is 16.0 Å². The number of methoxy groups -OCH3 is 1. The average Bonchev–Trinajstić information content (AvgIpc) is 2.43. The van der Waals surface area contributed by atoms with Crippen molar-refractivity contribution in [3.63, 3.8) is 0 Å². The van der Waals surface area contributed by atoms with Crippen LogP contribution in [0, 0.1) is 5.82 Å². The highest BCUT2D eigenvalue weighted by Crippen LogP contribution is 2.27. The molecule has 1 atom stereocenters. The highest BCUT2D eigenvalue weighted by atomic mass is 19.1. The van der Waals surface area contributed by atoms with Crippen LogP contribution in [0.5, 0.6) is 5.75 Å². The summed E-state index contributed by atoms with van der Waals surface area (Å²) in [6.07, 6.45) is 4.60. The number of benzene rings is 1. The second kappa shape index (κ2) is 5.52. The van der Waals surface area contributed by atoms with E-state index < -0.39 is 11.9 Å². The number of halogens is 1. The third-order valence-electron chi connectivity index (χ3n) is 2.57. The number of nitrogens with one attached hydrogen (secondary N) is 1. The lowest BCUT2D eigenvalue weighted by atomic mass is 10.0. The van der Waals surface area contributed by atoms with E-state index in [4.69, 9.17) is 10.6 Å². The molecule has 0 aliphatic carbocycles. The van der Waals surface area contributed by atoms with Gasteiger partial charge in [0.15, 0.2) is 11.6 Å². The molecule has 2 rings (SSSR count). The van der Waals surface area contributed by atoms with Gasteiger partial charge in [0.05, 0.1) is 25.0 Å². The monoisotopic (exact) mass is 248 g/mol. The smallest absolute Gasteiger partial charge is 0.170 e. The fourth-order valence-electron chi connectivity index (χ4n) is 1.70. The molecule has 0 amide bonds. The minimum atomic E-state index is -0.575. The van der Waals surface area contributed by atoms with Crippen molar-refractivity contribution in [3.05, 3.63) is 53.9 Å². The van der Waals surface area contributed by atoms with Crippen molar-refractivity contribution in [2.45, 2.75) is 6.04 Å². The van der Waals surface area contributed by atoms with E-state index in [1.165, 1.54) is 19.5 Å². The second-order valence-corrected chi connectivity index (χ2v) is 3.59. The van der Waals surface area contributed by atoms with Gasteiger partial charge in [0, 0.05) is 18.0 Å². The largest absolute Gasteiger partial charge is 0.494 e. The van der Waals surface area contributed by atoms with Crippen LogP contribution in [0.25, 0.3) is 0 Å². The zero-order chi connectivity index (χ0) is 13.0. The number of hydrogen-bond donors (Lipinski definition) is 2. The summed E-state index contributed by atoms with van der Waals surface area (Å²) in [5, 5.41) is 0. The first kappa shape index (κ1) is 12.4. The molecule has 1 aromatic carbocycles. The molecule has 0 aliphatic rings. The van der Waals surface area contributed by atoms with Crippen LogP contribution in [-0.4, -0.2) is 17.1 Å². The predicted octanol–water partition coefficient (Wildman–Crippen LogP) is 1.18. The summed E-state index contributed by atoms with van der Waals surface area (Å²) in [6, 6.07) is 4.28. The first-order chi connectivity index (χ1) is 8.77. The van der Waals surface area contributed by atoms with Gasteiger partial charge in [-0.25, -0.2) is 9.82 Å².